The van der Waals surface area contributed by atoms with Gasteiger partial charge in [0.15, 0.2) is 4.80 Å². The van der Waals surface area contributed by atoms with Gasteiger partial charge in [0, 0.05) is 10.6 Å². The predicted octanol–water partition coefficient (Wildman–Crippen LogP) is 4.60. The summed E-state index contributed by atoms with van der Waals surface area (Å²) < 4.78 is 12.8. The first kappa shape index (κ1) is 26.0. The molecule has 188 valence electrons. The van der Waals surface area contributed by atoms with E-state index in [2.05, 4.69) is 4.99 Å². The largest absolute Gasteiger partial charge is 0.506 e. The van der Waals surface area contributed by atoms with E-state index < -0.39 is 12.0 Å². The molecule has 7 nitrogen and oxygen atoms in total. The van der Waals surface area contributed by atoms with E-state index in [4.69, 9.17) is 32.7 Å². The highest BCUT2D eigenvalue weighted by molar-refractivity contribution is 7.07. The molecule has 1 aliphatic heterocycles. The lowest BCUT2D eigenvalue weighted by Gasteiger charge is -2.25. The smallest absolute Gasteiger partial charge is 0.338 e. The molecular weight excluding hydrogens is 523 g/mol. The van der Waals surface area contributed by atoms with Gasteiger partial charge in [-0.1, -0.05) is 46.7 Å². The van der Waals surface area contributed by atoms with Gasteiger partial charge < -0.3 is 14.6 Å². The number of phenolic OH excluding ortho intramolecular Hbond substituents is 1. The summed E-state index contributed by atoms with van der Waals surface area (Å²) in [6.07, 6.45) is 1.51. The number of hydrogen-bond donors (Lipinski definition) is 1. The molecule has 0 saturated heterocycles. The fourth-order valence-electron chi connectivity index (χ4n) is 3.94. The molecule has 0 saturated carbocycles. The van der Waals surface area contributed by atoms with Gasteiger partial charge in [0.2, 0.25) is 0 Å². The van der Waals surface area contributed by atoms with Crippen molar-refractivity contribution in [3.8, 4) is 11.5 Å². The lowest BCUT2D eigenvalue weighted by molar-refractivity contribution is -0.139. The van der Waals surface area contributed by atoms with Crippen LogP contribution in [0.4, 0.5) is 0 Å². The molecule has 3 aromatic rings. The molecule has 36 heavy (non-hydrogen) atoms. The van der Waals surface area contributed by atoms with E-state index >= 15 is 0 Å². The van der Waals surface area contributed by atoms with E-state index in [1.54, 1.807) is 26.0 Å². The van der Waals surface area contributed by atoms with Gasteiger partial charge in [-0.05, 0) is 63.6 Å². The van der Waals surface area contributed by atoms with Gasteiger partial charge in [-0.15, -0.1) is 0 Å². The second-order valence-electron chi connectivity index (χ2n) is 8.36. The minimum absolute atomic E-state index is 0.00200. The Kier molecular flexibility index (Phi) is 7.59. The number of carbonyl (C=O) groups excluding carboxylic acids is 1. The highest BCUT2D eigenvalue weighted by atomic mass is 35.5. The van der Waals surface area contributed by atoms with Crippen LogP contribution in [0.3, 0.4) is 0 Å². The van der Waals surface area contributed by atoms with Crippen LogP contribution in [0.2, 0.25) is 10.0 Å². The Labute approximate surface area is 221 Å². The quantitative estimate of drug-likeness (QED) is 0.456. The average molecular weight is 547 g/mol. The maximum absolute atomic E-state index is 13.7. The summed E-state index contributed by atoms with van der Waals surface area (Å²) in [4.78, 5) is 31.6. The summed E-state index contributed by atoms with van der Waals surface area (Å²) in [6.45, 7) is 7.49. The Morgan fingerprint density at radius 3 is 2.58 bits per heavy atom. The number of halogens is 2. The van der Waals surface area contributed by atoms with Crippen LogP contribution in [-0.4, -0.2) is 28.4 Å². The molecular formula is C26H24Cl2N2O5S. The van der Waals surface area contributed by atoms with Crippen LogP contribution in [0.25, 0.3) is 6.08 Å². The lowest BCUT2D eigenvalue weighted by atomic mass is 9.96. The average Bonchev–Trinajstić information content (AvgIpc) is 3.11. The van der Waals surface area contributed by atoms with E-state index in [-0.39, 0.29) is 34.6 Å². The topological polar surface area (TPSA) is 90.1 Å². The summed E-state index contributed by atoms with van der Waals surface area (Å²) in [5.41, 5.74) is 1.36. The van der Waals surface area contributed by atoms with E-state index in [1.165, 1.54) is 22.8 Å². The van der Waals surface area contributed by atoms with Gasteiger partial charge in [-0.3, -0.25) is 9.36 Å². The number of ether oxygens (including phenoxy) is 2. The molecule has 0 amide bonds. The number of hydrogen-bond acceptors (Lipinski definition) is 7. The van der Waals surface area contributed by atoms with Crippen molar-refractivity contribution in [2.75, 3.05) is 6.61 Å². The maximum Gasteiger partial charge on any atom is 0.338 e. The number of rotatable bonds is 6. The summed E-state index contributed by atoms with van der Waals surface area (Å²) in [5.74, 6) is -0.0553. The van der Waals surface area contributed by atoms with E-state index in [9.17, 15) is 14.7 Å². The van der Waals surface area contributed by atoms with Crippen LogP contribution in [-0.2, 0) is 9.53 Å². The Balaban J connectivity index is 1.93. The number of fused-ring (bicyclic) bond motifs is 1. The molecule has 1 atom stereocenters. The zero-order chi connectivity index (χ0) is 26.1. The Morgan fingerprint density at radius 1 is 1.25 bits per heavy atom. The third-order valence-corrected chi connectivity index (χ3v) is 6.92. The van der Waals surface area contributed by atoms with Gasteiger partial charge in [-0.25, -0.2) is 9.79 Å². The molecule has 4 rings (SSSR count). The number of nitrogens with zero attached hydrogens (tertiary/aromatic N) is 2. The third-order valence-electron chi connectivity index (χ3n) is 5.43. The molecule has 1 aliphatic rings. The van der Waals surface area contributed by atoms with E-state index in [0.717, 1.165) is 11.3 Å². The van der Waals surface area contributed by atoms with Crippen molar-refractivity contribution in [2.24, 2.45) is 4.99 Å². The Hall–Kier alpha value is -3.07. The van der Waals surface area contributed by atoms with Gasteiger partial charge in [0.05, 0.1) is 39.6 Å². The predicted molar refractivity (Wildman–Crippen MR) is 141 cm³/mol. The number of benzene rings is 2. The monoisotopic (exact) mass is 546 g/mol. The maximum atomic E-state index is 13.7. The zero-order valence-electron chi connectivity index (χ0n) is 20.0. The van der Waals surface area contributed by atoms with Crippen LogP contribution in [0.1, 0.15) is 44.9 Å². The van der Waals surface area contributed by atoms with Gasteiger partial charge in [0.25, 0.3) is 5.56 Å². The normalized spacial score (nSPS) is 15.6. The SMILES string of the molecule is CCOC(=O)C1=C(C)N=c2s/c(=C\c3cc(Cl)cc(Cl)c3O)c(=O)n2[C@@H]1c1ccc(OC(C)C)cc1. The van der Waals surface area contributed by atoms with E-state index in [0.29, 0.717) is 36.9 Å². The first-order valence-electron chi connectivity index (χ1n) is 11.2. The molecule has 2 heterocycles. The number of aromatic hydroxyl groups is 1. The van der Waals surface area contributed by atoms with Crippen LogP contribution in [0.15, 0.2) is 57.5 Å². The molecule has 2 aromatic carbocycles. The number of phenols is 1. The summed E-state index contributed by atoms with van der Waals surface area (Å²) in [7, 11) is 0. The highest BCUT2D eigenvalue weighted by Gasteiger charge is 2.33. The van der Waals surface area contributed by atoms with Crippen LogP contribution in [0, 0.1) is 0 Å². The molecule has 0 bridgehead atoms. The highest BCUT2D eigenvalue weighted by Crippen LogP contribution is 2.33. The van der Waals surface area contributed by atoms with Crippen molar-refractivity contribution in [1.82, 2.24) is 4.57 Å². The summed E-state index contributed by atoms with van der Waals surface area (Å²) in [6, 6.07) is 9.41. The molecule has 1 aromatic heterocycles. The lowest BCUT2D eigenvalue weighted by Crippen LogP contribution is -2.39. The Bertz CT molecular complexity index is 1540. The standard InChI is InChI=1S/C26H24Cl2N2O5S/c1-5-34-25(33)21-14(4)29-26-30(22(21)15-6-8-18(9-7-15)35-13(2)3)24(32)20(36-26)11-16-10-17(27)12-19(28)23(16)31/h6-13,22,31H,5H2,1-4H3/b20-11-/t22-/m1/s1. The summed E-state index contributed by atoms with van der Waals surface area (Å²) >= 11 is 13.3. The molecule has 0 spiro atoms. The Morgan fingerprint density at radius 2 is 1.94 bits per heavy atom. The van der Waals surface area contributed by atoms with Crippen molar-refractivity contribution in [3.63, 3.8) is 0 Å². The zero-order valence-corrected chi connectivity index (χ0v) is 22.4. The molecule has 1 N–H and O–H groups in total. The van der Waals surface area contributed by atoms with Crippen molar-refractivity contribution < 1.29 is 19.4 Å². The number of esters is 1. The number of aromatic nitrogens is 1. The van der Waals surface area contributed by atoms with Crippen LogP contribution in [0.5, 0.6) is 11.5 Å². The fourth-order valence-corrected chi connectivity index (χ4v) is 5.49. The molecule has 0 unspecified atom stereocenters. The summed E-state index contributed by atoms with van der Waals surface area (Å²) in [5, 5.41) is 10.8. The van der Waals surface area contributed by atoms with Gasteiger partial charge in [-0.2, -0.15) is 0 Å². The molecule has 0 aliphatic carbocycles. The molecule has 0 fully saturated rings. The van der Waals surface area contributed by atoms with Crippen LogP contribution >= 0.6 is 34.5 Å². The van der Waals surface area contributed by atoms with Crippen molar-refractivity contribution in [1.29, 1.82) is 0 Å². The second-order valence-corrected chi connectivity index (χ2v) is 10.2. The van der Waals surface area contributed by atoms with Crippen molar-refractivity contribution in [2.45, 2.75) is 39.8 Å². The second kappa shape index (κ2) is 10.5. The van der Waals surface area contributed by atoms with Gasteiger partial charge >= 0.3 is 5.97 Å². The first-order chi connectivity index (χ1) is 17.1. The molecule has 0 radical (unpaired) electrons. The van der Waals surface area contributed by atoms with Crippen LogP contribution < -0.4 is 19.6 Å². The van der Waals surface area contributed by atoms with Crippen molar-refractivity contribution in [3.05, 3.63) is 88.5 Å². The molecule has 10 heteroatoms. The van der Waals surface area contributed by atoms with E-state index in [1.807, 2.05) is 26.0 Å². The number of thiazole rings is 1. The third kappa shape index (κ3) is 5.07. The first-order valence-corrected chi connectivity index (χ1v) is 12.8. The number of carbonyl (C=O) groups is 1. The van der Waals surface area contributed by atoms with Gasteiger partial charge in [0.1, 0.15) is 11.5 Å². The minimum atomic E-state index is -0.757. The van der Waals surface area contributed by atoms with Crippen molar-refractivity contribution >= 4 is 46.6 Å². The fraction of sp³-hybridized carbons (Fsp3) is 0.269. The minimum Gasteiger partial charge on any atom is -0.506 e. The number of allylic oxidation sites excluding steroid dienone is 1.